The number of carbonyl (C=O) groups is 1. The summed E-state index contributed by atoms with van der Waals surface area (Å²) in [7, 11) is 0. The van der Waals surface area contributed by atoms with Crippen molar-refractivity contribution in [1.82, 2.24) is 0 Å². The summed E-state index contributed by atoms with van der Waals surface area (Å²) < 4.78 is 12.0. The van der Waals surface area contributed by atoms with Crippen LogP contribution in [-0.2, 0) is 4.79 Å². The molecule has 3 rings (SSSR count). The zero-order valence-corrected chi connectivity index (χ0v) is 15.7. The normalized spacial score (nSPS) is 14.2. The standard InChI is InChI=1S/C18H17BrClNO3/c1-10-7-13(19)9-14(20)17(10)21-18(22)11(2)12-3-4-15-16(8-12)24-6-5-23-15/h3-4,7-9,11H,5-6H2,1-2H3,(H,21,22). The Kier molecular flexibility index (Phi) is 5.01. The van der Waals surface area contributed by atoms with Crippen LogP contribution in [0.15, 0.2) is 34.8 Å². The minimum Gasteiger partial charge on any atom is -0.486 e. The lowest BCUT2D eigenvalue weighted by Crippen LogP contribution is -2.20. The van der Waals surface area contributed by atoms with Crippen molar-refractivity contribution in [2.75, 3.05) is 18.5 Å². The van der Waals surface area contributed by atoms with E-state index in [9.17, 15) is 4.79 Å². The van der Waals surface area contributed by atoms with Crippen molar-refractivity contribution in [1.29, 1.82) is 0 Å². The summed E-state index contributed by atoms with van der Waals surface area (Å²) in [5, 5.41) is 3.42. The fourth-order valence-corrected chi connectivity index (χ4v) is 3.59. The summed E-state index contributed by atoms with van der Waals surface area (Å²) >= 11 is 9.63. The van der Waals surface area contributed by atoms with Gasteiger partial charge in [-0.25, -0.2) is 0 Å². The molecule has 1 aliphatic rings. The highest BCUT2D eigenvalue weighted by Gasteiger charge is 2.20. The highest BCUT2D eigenvalue weighted by molar-refractivity contribution is 9.10. The first-order chi connectivity index (χ1) is 11.5. The number of aryl methyl sites for hydroxylation is 1. The van der Waals surface area contributed by atoms with Crippen molar-refractivity contribution in [2.45, 2.75) is 19.8 Å². The van der Waals surface area contributed by atoms with Gasteiger partial charge in [-0.2, -0.15) is 0 Å². The predicted molar refractivity (Wildman–Crippen MR) is 98.4 cm³/mol. The number of amides is 1. The van der Waals surface area contributed by atoms with E-state index >= 15 is 0 Å². The Labute approximate surface area is 154 Å². The van der Waals surface area contributed by atoms with E-state index in [0.29, 0.717) is 35.4 Å². The molecule has 24 heavy (non-hydrogen) atoms. The van der Waals surface area contributed by atoms with Crippen LogP contribution in [-0.4, -0.2) is 19.1 Å². The molecule has 1 atom stereocenters. The monoisotopic (exact) mass is 409 g/mol. The maximum absolute atomic E-state index is 12.6. The van der Waals surface area contributed by atoms with Crippen LogP contribution in [0.5, 0.6) is 11.5 Å². The lowest BCUT2D eigenvalue weighted by molar-refractivity contribution is -0.117. The van der Waals surface area contributed by atoms with Crippen molar-refractivity contribution < 1.29 is 14.3 Å². The van der Waals surface area contributed by atoms with Crippen LogP contribution in [0.25, 0.3) is 0 Å². The minimum atomic E-state index is -0.347. The quantitative estimate of drug-likeness (QED) is 0.781. The van der Waals surface area contributed by atoms with Crippen LogP contribution in [0.3, 0.4) is 0 Å². The van der Waals surface area contributed by atoms with Gasteiger partial charge in [-0.15, -0.1) is 0 Å². The summed E-state index contributed by atoms with van der Waals surface area (Å²) in [6, 6.07) is 9.25. The molecule has 0 radical (unpaired) electrons. The minimum absolute atomic E-state index is 0.126. The van der Waals surface area contributed by atoms with Crippen molar-refractivity contribution >= 4 is 39.1 Å². The molecule has 0 saturated heterocycles. The molecule has 0 spiro atoms. The fourth-order valence-electron chi connectivity index (χ4n) is 2.57. The zero-order chi connectivity index (χ0) is 17.3. The number of benzene rings is 2. The van der Waals surface area contributed by atoms with Gasteiger partial charge in [0.2, 0.25) is 5.91 Å². The molecule has 126 valence electrons. The molecule has 4 nitrogen and oxygen atoms in total. The Morgan fingerprint density at radius 1 is 1.21 bits per heavy atom. The van der Waals surface area contributed by atoms with Gasteiger partial charge in [0.15, 0.2) is 11.5 Å². The second-order valence-corrected chi connectivity index (χ2v) is 7.02. The molecule has 0 bridgehead atoms. The third-order valence-corrected chi connectivity index (χ3v) is 4.72. The summed E-state index contributed by atoms with van der Waals surface area (Å²) in [4.78, 5) is 12.6. The Hall–Kier alpha value is -1.72. The van der Waals surface area contributed by atoms with Gasteiger partial charge in [0.05, 0.1) is 16.6 Å². The first kappa shape index (κ1) is 17.1. The van der Waals surface area contributed by atoms with Crippen molar-refractivity contribution in [3.05, 3.63) is 51.0 Å². The summed E-state index contributed by atoms with van der Waals surface area (Å²) in [6.07, 6.45) is 0. The van der Waals surface area contributed by atoms with Gasteiger partial charge in [-0.05, 0) is 49.2 Å². The number of hydrogen-bond acceptors (Lipinski definition) is 3. The molecule has 2 aromatic rings. The highest BCUT2D eigenvalue weighted by Crippen LogP contribution is 2.34. The molecule has 2 aromatic carbocycles. The van der Waals surface area contributed by atoms with Crippen molar-refractivity contribution in [2.24, 2.45) is 0 Å². The summed E-state index contributed by atoms with van der Waals surface area (Å²) in [5.41, 5.74) is 2.40. The highest BCUT2D eigenvalue weighted by atomic mass is 79.9. The number of halogens is 2. The third-order valence-electron chi connectivity index (χ3n) is 3.96. The summed E-state index contributed by atoms with van der Waals surface area (Å²) in [6.45, 7) is 4.82. The zero-order valence-electron chi connectivity index (χ0n) is 13.4. The van der Waals surface area contributed by atoms with E-state index in [1.165, 1.54) is 0 Å². The van der Waals surface area contributed by atoms with E-state index in [1.54, 1.807) is 6.07 Å². The van der Waals surface area contributed by atoms with E-state index < -0.39 is 0 Å². The average molecular weight is 411 g/mol. The van der Waals surface area contributed by atoms with Gasteiger partial charge < -0.3 is 14.8 Å². The number of fused-ring (bicyclic) bond motifs is 1. The number of nitrogens with one attached hydrogen (secondary N) is 1. The van der Waals surface area contributed by atoms with Gasteiger partial charge in [0.25, 0.3) is 0 Å². The van der Waals surface area contributed by atoms with Gasteiger partial charge in [-0.1, -0.05) is 33.6 Å². The second kappa shape index (κ2) is 7.03. The molecule has 1 unspecified atom stereocenters. The number of hydrogen-bond donors (Lipinski definition) is 1. The Balaban J connectivity index is 1.80. The van der Waals surface area contributed by atoms with Gasteiger partial charge >= 0.3 is 0 Å². The number of anilines is 1. The van der Waals surface area contributed by atoms with Crippen LogP contribution in [0, 0.1) is 6.92 Å². The molecule has 1 heterocycles. The van der Waals surface area contributed by atoms with E-state index in [-0.39, 0.29) is 11.8 Å². The van der Waals surface area contributed by atoms with E-state index in [4.69, 9.17) is 21.1 Å². The van der Waals surface area contributed by atoms with Crippen LogP contribution in [0.2, 0.25) is 5.02 Å². The molecule has 0 fully saturated rings. The molecule has 1 N–H and O–H groups in total. The maximum atomic E-state index is 12.6. The van der Waals surface area contributed by atoms with E-state index in [2.05, 4.69) is 21.2 Å². The van der Waals surface area contributed by atoms with Crippen LogP contribution < -0.4 is 14.8 Å². The van der Waals surface area contributed by atoms with Gasteiger partial charge in [-0.3, -0.25) is 4.79 Å². The van der Waals surface area contributed by atoms with Crippen molar-refractivity contribution in [3.8, 4) is 11.5 Å². The Bertz CT molecular complexity index is 771. The molecule has 0 aromatic heterocycles. The van der Waals surface area contributed by atoms with Crippen LogP contribution >= 0.6 is 27.5 Å². The summed E-state index contributed by atoms with van der Waals surface area (Å²) in [5.74, 6) is 0.916. The lowest BCUT2D eigenvalue weighted by Gasteiger charge is -2.21. The van der Waals surface area contributed by atoms with Crippen LogP contribution in [0.4, 0.5) is 5.69 Å². The number of carbonyl (C=O) groups excluding carboxylic acids is 1. The van der Waals surface area contributed by atoms with E-state index in [1.807, 2.05) is 38.1 Å². The average Bonchev–Trinajstić information content (AvgIpc) is 2.56. The van der Waals surface area contributed by atoms with E-state index in [0.717, 1.165) is 15.6 Å². The lowest BCUT2D eigenvalue weighted by atomic mass is 9.99. The first-order valence-electron chi connectivity index (χ1n) is 7.62. The second-order valence-electron chi connectivity index (χ2n) is 5.69. The molecule has 0 aliphatic carbocycles. The van der Waals surface area contributed by atoms with Gasteiger partial charge in [0.1, 0.15) is 13.2 Å². The molecular formula is C18H17BrClNO3. The largest absolute Gasteiger partial charge is 0.486 e. The number of ether oxygens (including phenoxy) is 2. The molecule has 6 heteroatoms. The number of rotatable bonds is 3. The smallest absolute Gasteiger partial charge is 0.231 e. The fraction of sp³-hybridized carbons (Fsp3) is 0.278. The molecule has 0 saturated carbocycles. The predicted octanol–water partition coefficient (Wildman–Crippen LogP) is 4.92. The Morgan fingerprint density at radius 2 is 1.92 bits per heavy atom. The van der Waals surface area contributed by atoms with Gasteiger partial charge in [0, 0.05) is 4.47 Å². The first-order valence-corrected chi connectivity index (χ1v) is 8.79. The SMILES string of the molecule is Cc1cc(Br)cc(Cl)c1NC(=O)C(C)c1ccc2c(c1)OCCO2. The Morgan fingerprint density at radius 3 is 2.62 bits per heavy atom. The molecular weight excluding hydrogens is 394 g/mol. The maximum Gasteiger partial charge on any atom is 0.231 e. The molecule has 1 amide bonds. The van der Waals surface area contributed by atoms with Crippen molar-refractivity contribution in [3.63, 3.8) is 0 Å². The topological polar surface area (TPSA) is 47.6 Å². The van der Waals surface area contributed by atoms with Crippen LogP contribution in [0.1, 0.15) is 24.0 Å². The molecule has 1 aliphatic heterocycles. The third kappa shape index (κ3) is 3.52.